The van der Waals surface area contributed by atoms with Crippen molar-refractivity contribution in [1.82, 2.24) is 0 Å². The van der Waals surface area contributed by atoms with Gasteiger partial charge in [-0.25, -0.2) is 9.79 Å². The van der Waals surface area contributed by atoms with Crippen molar-refractivity contribution in [3.05, 3.63) is 86.1 Å². The van der Waals surface area contributed by atoms with Crippen molar-refractivity contribution in [2.75, 3.05) is 0 Å². The molecule has 3 aromatic rings. The zero-order valence-corrected chi connectivity index (χ0v) is 15.8. The first-order valence-corrected chi connectivity index (χ1v) is 9.03. The fourth-order valence-electron chi connectivity index (χ4n) is 2.71. The minimum atomic E-state index is -0.474. The highest BCUT2D eigenvalue weighted by Crippen LogP contribution is 2.27. The molecule has 122 valence electrons. The van der Waals surface area contributed by atoms with Crippen molar-refractivity contribution in [3.8, 4) is 0 Å². The van der Waals surface area contributed by atoms with Crippen LogP contribution in [0.15, 0.2) is 71.4 Å². The van der Waals surface area contributed by atoms with Gasteiger partial charge in [-0.2, -0.15) is 0 Å². The first-order chi connectivity index (χ1) is 12.1. The SMILES string of the molecule is O=C1OC(c2cc(I)ccc2Cl)=NC1=Cc1cccc2ccccc12. The number of cyclic esters (lactones) is 1. The van der Waals surface area contributed by atoms with Crippen molar-refractivity contribution < 1.29 is 9.53 Å². The molecule has 0 amide bonds. The molecule has 0 aliphatic carbocycles. The van der Waals surface area contributed by atoms with Crippen LogP contribution in [0.3, 0.4) is 0 Å². The van der Waals surface area contributed by atoms with Crippen molar-refractivity contribution in [2.45, 2.75) is 0 Å². The number of halogens is 2. The first kappa shape index (κ1) is 16.3. The van der Waals surface area contributed by atoms with Crippen LogP contribution < -0.4 is 0 Å². The first-order valence-electron chi connectivity index (χ1n) is 7.57. The van der Waals surface area contributed by atoms with E-state index in [-0.39, 0.29) is 11.6 Å². The fourth-order valence-corrected chi connectivity index (χ4v) is 3.40. The van der Waals surface area contributed by atoms with E-state index in [1.807, 2.05) is 54.6 Å². The Balaban J connectivity index is 1.80. The molecule has 5 heteroatoms. The fraction of sp³-hybridized carbons (Fsp3) is 0. The molecule has 0 saturated carbocycles. The number of aliphatic imine (C=N–C) groups is 1. The molecule has 0 fully saturated rings. The van der Waals surface area contributed by atoms with Crippen LogP contribution in [-0.2, 0) is 9.53 Å². The number of carbonyl (C=O) groups excluding carboxylic acids is 1. The average Bonchev–Trinajstić information content (AvgIpc) is 2.98. The van der Waals surface area contributed by atoms with Gasteiger partial charge in [-0.1, -0.05) is 54.1 Å². The summed E-state index contributed by atoms with van der Waals surface area (Å²) in [7, 11) is 0. The minimum Gasteiger partial charge on any atom is -0.402 e. The number of fused-ring (bicyclic) bond motifs is 1. The number of esters is 1. The predicted molar refractivity (Wildman–Crippen MR) is 109 cm³/mol. The van der Waals surface area contributed by atoms with Crippen molar-refractivity contribution >= 4 is 62.9 Å². The Morgan fingerprint density at radius 3 is 2.72 bits per heavy atom. The molecule has 4 rings (SSSR count). The Labute approximate surface area is 163 Å². The van der Waals surface area contributed by atoms with Crippen molar-refractivity contribution in [2.24, 2.45) is 4.99 Å². The zero-order valence-electron chi connectivity index (χ0n) is 12.9. The van der Waals surface area contributed by atoms with Gasteiger partial charge in [0.25, 0.3) is 0 Å². The minimum absolute atomic E-state index is 0.236. The summed E-state index contributed by atoms with van der Waals surface area (Å²) in [6, 6.07) is 19.4. The average molecular weight is 460 g/mol. The van der Waals surface area contributed by atoms with E-state index >= 15 is 0 Å². The molecule has 0 aromatic heterocycles. The number of nitrogens with zero attached hydrogens (tertiary/aromatic N) is 1. The van der Waals surface area contributed by atoms with Crippen LogP contribution >= 0.6 is 34.2 Å². The van der Waals surface area contributed by atoms with Crippen molar-refractivity contribution in [3.63, 3.8) is 0 Å². The van der Waals surface area contributed by atoms with Gasteiger partial charge in [0.05, 0.1) is 10.6 Å². The Morgan fingerprint density at radius 1 is 1.04 bits per heavy atom. The van der Waals surface area contributed by atoms with E-state index in [1.165, 1.54) is 0 Å². The lowest BCUT2D eigenvalue weighted by atomic mass is 10.0. The van der Waals surface area contributed by atoms with E-state index in [4.69, 9.17) is 16.3 Å². The van der Waals surface area contributed by atoms with Crippen LogP contribution in [0.4, 0.5) is 0 Å². The van der Waals surface area contributed by atoms with Gasteiger partial charge in [0.2, 0.25) is 5.90 Å². The van der Waals surface area contributed by atoms with E-state index in [1.54, 1.807) is 12.1 Å². The molecule has 0 atom stereocenters. The van der Waals surface area contributed by atoms with Gasteiger partial charge in [0.15, 0.2) is 5.70 Å². The molecular weight excluding hydrogens is 449 g/mol. The highest BCUT2D eigenvalue weighted by Gasteiger charge is 2.26. The molecule has 1 heterocycles. The van der Waals surface area contributed by atoms with Crippen LogP contribution in [-0.4, -0.2) is 11.9 Å². The monoisotopic (exact) mass is 459 g/mol. The maximum absolute atomic E-state index is 12.2. The van der Waals surface area contributed by atoms with E-state index in [0.717, 1.165) is 19.9 Å². The number of ether oxygens (including phenoxy) is 1. The molecule has 3 nitrogen and oxygen atoms in total. The van der Waals surface area contributed by atoms with Crippen LogP contribution in [0.5, 0.6) is 0 Å². The van der Waals surface area contributed by atoms with Crippen LogP contribution in [0.2, 0.25) is 5.02 Å². The van der Waals surface area contributed by atoms with Gasteiger partial charge in [-0.3, -0.25) is 0 Å². The predicted octanol–water partition coefficient (Wildman–Crippen LogP) is 5.44. The summed E-state index contributed by atoms with van der Waals surface area (Å²) < 4.78 is 6.32. The second kappa shape index (κ2) is 6.61. The summed E-state index contributed by atoms with van der Waals surface area (Å²) in [5.74, 6) is -0.238. The largest absolute Gasteiger partial charge is 0.402 e. The Morgan fingerprint density at radius 2 is 1.84 bits per heavy atom. The van der Waals surface area contributed by atoms with E-state index < -0.39 is 5.97 Å². The van der Waals surface area contributed by atoms with Gasteiger partial charge in [-0.05, 0) is 63.2 Å². The molecule has 0 spiro atoms. The number of hydrogen-bond acceptors (Lipinski definition) is 3. The number of hydrogen-bond donors (Lipinski definition) is 0. The third-order valence-electron chi connectivity index (χ3n) is 3.89. The van der Waals surface area contributed by atoms with Gasteiger partial charge in [-0.15, -0.1) is 0 Å². The van der Waals surface area contributed by atoms with Crippen LogP contribution in [0.25, 0.3) is 16.8 Å². The maximum Gasteiger partial charge on any atom is 0.363 e. The molecule has 0 bridgehead atoms. The summed E-state index contributed by atoms with van der Waals surface area (Å²) in [5, 5.41) is 2.66. The molecule has 0 unspecified atom stereocenters. The molecule has 1 aliphatic heterocycles. The third-order valence-corrected chi connectivity index (χ3v) is 4.90. The molecule has 0 N–H and O–H groups in total. The van der Waals surface area contributed by atoms with Gasteiger partial charge < -0.3 is 4.74 Å². The lowest BCUT2D eigenvalue weighted by Gasteiger charge is -2.02. The highest BCUT2D eigenvalue weighted by molar-refractivity contribution is 14.1. The number of benzene rings is 3. The Bertz CT molecular complexity index is 1070. The molecule has 3 aromatic carbocycles. The topological polar surface area (TPSA) is 38.7 Å². The molecule has 1 aliphatic rings. The number of carbonyl (C=O) groups is 1. The highest BCUT2D eigenvalue weighted by atomic mass is 127. The second-order valence-corrected chi connectivity index (χ2v) is 7.18. The van der Waals surface area contributed by atoms with Gasteiger partial charge in [0.1, 0.15) is 0 Å². The van der Waals surface area contributed by atoms with Crippen LogP contribution in [0.1, 0.15) is 11.1 Å². The summed E-state index contributed by atoms with van der Waals surface area (Å²) >= 11 is 8.39. The van der Waals surface area contributed by atoms with E-state index in [9.17, 15) is 4.79 Å². The summed E-state index contributed by atoms with van der Waals surface area (Å²) in [6.07, 6.45) is 1.75. The zero-order chi connectivity index (χ0) is 17.4. The lowest BCUT2D eigenvalue weighted by Crippen LogP contribution is -2.06. The summed E-state index contributed by atoms with van der Waals surface area (Å²) in [6.45, 7) is 0. The van der Waals surface area contributed by atoms with E-state index in [0.29, 0.717) is 10.6 Å². The van der Waals surface area contributed by atoms with Gasteiger partial charge >= 0.3 is 5.97 Å². The molecule has 0 radical (unpaired) electrons. The summed E-state index contributed by atoms with van der Waals surface area (Å²) in [5.41, 5.74) is 1.80. The smallest absolute Gasteiger partial charge is 0.363 e. The molecule has 0 saturated heterocycles. The molecule has 25 heavy (non-hydrogen) atoms. The summed E-state index contributed by atoms with van der Waals surface area (Å²) in [4.78, 5) is 16.6. The normalized spacial score (nSPS) is 15.5. The standard InChI is InChI=1S/C20H11ClINO2/c21-17-9-8-14(22)11-16(17)19-23-18(20(24)25-19)10-13-6-3-5-12-4-1-2-7-15(12)13/h1-11H. The van der Waals surface area contributed by atoms with Crippen LogP contribution in [0, 0.1) is 3.57 Å². The number of rotatable bonds is 2. The lowest BCUT2D eigenvalue weighted by molar-refractivity contribution is -0.129. The van der Waals surface area contributed by atoms with E-state index in [2.05, 4.69) is 27.6 Å². The second-order valence-electron chi connectivity index (χ2n) is 5.53. The van der Waals surface area contributed by atoms with Crippen molar-refractivity contribution in [1.29, 1.82) is 0 Å². The quantitative estimate of drug-likeness (QED) is 0.291. The van der Waals surface area contributed by atoms with Gasteiger partial charge in [0, 0.05) is 3.57 Å². The maximum atomic E-state index is 12.2. The third kappa shape index (κ3) is 3.19. The molecular formula is C20H11ClINO2. The Hall–Kier alpha value is -2.18. The Kier molecular flexibility index (Phi) is 4.31.